The Bertz CT molecular complexity index is 504. The Kier molecular flexibility index (Phi) is 2.71. The van der Waals surface area contributed by atoms with E-state index in [2.05, 4.69) is 5.32 Å². The van der Waals surface area contributed by atoms with E-state index in [-0.39, 0.29) is 18.1 Å². The monoisotopic (exact) mass is 235 g/mol. The molecule has 1 aromatic heterocycles. The van der Waals surface area contributed by atoms with Gasteiger partial charge in [0.15, 0.2) is 5.78 Å². The first-order chi connectivity index (χ1) is 7.99. The highest BCUT2D eigenvalue weighted by Gasteiger charge is 2.26. The number of rotatable bonds is 2. The number of nitrogens with one attached hydrogen (secondary N) is 1. The minimum atomic E-state index is -0.447. The first kappa shape index (κ1) is 11.4. The summed E-state index contributed by atoms with van der Waals surface area (Å²) in [5.41, 5.74) is 0.548. The summed E-state index contributed by atoms with van der Waals surface area (Å²) in [6, 6.07) is 1.20. The Hall–Kier alpha value is -2.11. The van der Waals surface area contributed by atoms with Gasteiger partial charge < -0.3 is 4.57 Å². The average molecular weight is 235 g/mol. The third-order valence-electron chi connectivity index (χ3n) is 2.72. The Balaban J connectivity index is 2.31. The van der Waals surface area contributed by atoms with Crippen LogP contribution in [0.2, 0.25) is 0 Å². The standard InChI is InChI=1S/C11H13N3O3/c1-7(15)8-5-10(13(2)6-8)14-4-3-9(16)12-11(14)17/h5-6H,3-4H2,1-2H3,(H,12,16,17). The fourth-order valence-corrected chi connectivity index (χ4v) is 1.80. The number of amides is 3. The van der Waals surface area contributed by atoms with Crippen LogP contribution >= 0.6 is 0 Å². The van der Waals surface area contributed by atoms with Crippen LogP contribution in [-0.4, -0.2) is 28.8 Å². The Morgan fingerprint density at radius 3 is 2.65 bits per heavy atom. The third kappa shape index (κ3) is 2.06. The molecule has 1 fully saturated rings. The molecule has 0 radical (unpaired) electrons. The maximum absolute atomic E-state index is 11.6. The predicted octanol–water partition coefficient (Wildman–Crippen LogP) is 0.674. The molecule has 0 unspecified atom stereocenters. The van der Waals surface area contributed by atoms with Gasteiger partial charge >= 0.3 is 6.03 Å². The van der Waals surface area contributed by atoms with Crippen LogP contribution in [0, 0.1) is 0 Å². The SMILES string of the molecule is CC(=O)c1cc(N2CCC(=O)NC2=O)n(C)c1. The molecule has 1 aliphatic heterocycles. The first-order valence-electron chi connectivity index (χ1n) is 5.27. The number of imide groups is 1. The van der Waals surface area contributed by atoms with Crippen LogP contribution in [0.1, 0.15) is 23.7 Å². The lowest BCUT2D eigenvalue weighted by Gasteiger charge is -2.26. The number of carbonyl (C=O) groups is 3. The lowest BCUT2D eigenvalue weighted by molar-refractivity contribution is -0.120. The van der Waals surface area contributed by atoms with Crippen molar-refractivity contribution in [3.63, 3.8) is 0 Å². The fraction of sp³-hybridized carbons (Fsp3) is 0.364. The summed E-state index contributed by atoms with van der Waals surface area (Å²) in [4.78, 5) is 35.4. The topological polar surface area (TPSA) is 71.4 Å². The lowest BCUT2D eigenvalue weighted by Crippen LogP contribution is -2.50. The molecule has 2 rings (SSSR count). The van der Waals surface area contributed by atoms with E-state index in [1.54, 1.807) is 23.9 Å². The van der Waals surface area contributed by atoms with E-state index in [1.807, 2.05) is 0 Å². The normalized spacial score (nSPS) is 16.0. The summed E-state index contributed by atoms with van der Waals surface area (Å²) >= 11 is 0. The number of aryl methyl sites for hydroxylation is 1. The number of aromatic nitrogens is 1. The van der Waals surface area contributed by atoms with Gasteiger partial charge in [-0.25, -0.2) is 4.79 Å². The zero-order chi connectivity index (χ0) is 12.6. The number of anilines is 1. The van der Waals surface area contributed by atoms with Gasteiger partial charge in [-0.05, 0) is 13.0 Å². The van der Waals surface area contributed by atoms with Crippen molar-refractivity contribution in [1.29, 1.82) is 0 Å². The van der Waals surface area contributed by atoms with Gasteiger partial charge in [-0.15, -0.1) is 0 Å². The number of Topliss-reactive ketones (excluding diaryl/α,β-unsaturated/α-hetero) is 1. The molecule has 6 heteroatoms. The summed E-state index contributed by atoms with van der Waals surface area (Å²) in [7, 11) is 1.76. The average Bonchev–Trinajstić information content (AvgIpc) is 2.61. The highest BCUT2D eigenvalue weighted by molar-refractivity contribution is 6.06. The molecular formula is C11H13N3O3. The number of nitrogens with zero attached hydrogens (tertiary/aromatic N) is 2. The molecule has 90 valence electrons. The Labute approximate surface area is 98.2 Å². The lowest BCUT2D eigenvalue weighted by atomic mass is 10.2. The van der Waals surface area contributed by atoms with Gasteiger partial charge in [-0.3, -0.25) is 19.8 Å². The molecule has 1 N–H and O–H groups in total. The summed E-state index contributed by atoms with van der Waals surface area (Å²) in [6.45, 7) is 1.80. The van der Waals surface area contributed by atoms with Gasteiger partial charge in [0.25, 0.3) is 0 Å². The number of ketones is 1. The molecule has 0 saturated carbocycles. The van der Waals surface area contributed by atoms with Crippen molar-refractivity contribution < 1.29 is 14.4 Å². The van der Waals surface area contributed by atoms with Gasteiger partial charge in [-0.2, -0.15) is 0 Å². The van der Waals surface area contributed by atoms with Crippen LogP contribution in [0.25, 0.3) is 0 Å². The molecule has 1 saturated heterocycles. The van der Waals surface area contributed by atoms with Crippen molar-refractivity contribution in [2.75, 3.05) is 11.4 Å². The largest absolute Gasteiger partial charge is 0.337 e. The van der Waals surface area contributed by atoms with E-state index in [0.717, 1.165) is 0 Å². The van der Waals surface area contributed by atoms with Gasteiger partial charge in [-0.1, -0.05) is 0 Å². The zero-order valence-corrected chi connectivity index (χ0v) is 9.69. The van der Waals surface area contributed by atoms with Crippen molar-refractivity contribution in [2.45, 2.75) is 13.3 Å². The molecule has 2 heterocycles. The van der Waals surface area contributed by atoms with Crippen LogP contribution < -0.4 is 10.2 Å². The van der Waals surface area contributed by atoms with Crippen molar-refractivity contribution in [3.8, 4) is 0 Å². The Morgan fingerprint density at radius 1 is 1.41 bits per heavy atom. The number of hydrogen-bond donors (Lipinski definition) is 1. The highest BCUT2D eigenvalue weighted by atomic mass is 16.2. The van der Waals surface area contributed by atoms with E-state index in [4.69, 9.17) is 0 Å². The van der Waals surface area contributed by atoms with E-state index in [1.165, 1.54) is 11.8 Å². The fourth-order valence-electron chi connectivity index (χ4n) is 1.80. The molecule has 1 aromatic rings. The van der Waals surface area contributed by atoms with Crippen LogP contribution in [0.4, 0.5) is 10.6 Å². The minimum Gasteiger partial charge on any atom is -0.337 e. The van der Waals surface area contributed by atoms with E-state index in [0.29, 0.717) is 17.9 Å². The van der Waals surface area contributed by atoms with E-state index < -0.39 is 6.03 Å². The predicted molar refractivity (Wildman–Crippen MR) is 60.9 cm³/mol. The highest BCUT2D eigenvalue weighted by Crippen LogP contribution is 2.20. The smallest absolute Gasteiger partial charge is 0.329 e. The molecular weight excluding hydrogens is 222 g/mol. The first-order valence-corrected chi connectivity index (χ1v) is 5.27. The van der Waals surface area contributed by atoms with Crippen molar-refractivity contribution in [3.05, 3.63) is 17.8 Å². The number of urea groups is 1. The quantitative estimate of drug-likeness (QED) is 0.766. The second-order valence-electron chi connectivity index (χ2n) is 4.01. The van der Waals surface area contributed by atoms with Gasteiger partial charge in [0, 0.05) is 31.8 Å². The van der Waals surface area contributed by atoms with Crippen LogP contribution in [0.3, 0.4) is 0 Å². The third-order valence-corrected chi connectivity index (χ3v) is 2.72. The molecule has 1 aliphatic rings. The van der Waals surface area contributed by atoms with Gasteiger partial charge in [0.05, 0.1) is 0 Å². The van der Waals surface area contributed by atoms with E-state index in [9.17, 15) is 14.4 Å². The number of carbonyl (C=O) groups excluding carboxylic acids is 3. The molecule has 3 amide bonds. The summed E-state index contributed by atoms with van der Waals surface area (Å²) in [5, 5.41) is 2.24. The van der Waals surface area contributed by atoms with Gasteiger partial charge in [0.2, 0.25) is 5.91 Å². The molecule has 0 aromatic carbocycles. The summed E-state index contributed by atoms with van der Waals surface area (Å²) < 4.78 is 1.70. The second-order valence-corrected chi connectivity index (χ2v) is 4.01. The van der Waals surface area contributed by atoms with Crippen molar-refractivity contribution in [2.24, 2.45) is 7.05 Å². The zero-order valence-electron chi connectivity index (χ0n) is 9.69. The molecule has 17 heavy (non-hydrogen) atoms. The summed E-state index contributed by atoms with van der Waals surface area (Å²) in [5.74, 6) is 0.285. The van der Waals surface area contributed by atoms with Crippen molar-refractivity contribution >= 4 is 23.5 Å². The Morgan fingerprint density at radius 2 is 2.12 bits per heavy atom. The molecule has 0 bridgehead atoms. The second kappa shape index (κ2) is 4.04. The van der Waals surface area contributed by atoms with Crippen molar-refractivity contribution in [1.82, 2.24) is 9.88 Å². The molecule has 0 atom stereocenters. The molecule has 6 nitrogen and oxygen atoms in total. The summed E-state index contributed by atoms with van der Waals surface area (Å²) in [6.07, 6.45) is 1.94. The molecule has 0 aliphatic carbocycles. The van der Waals surface area contributed by atoms with Gasteiger partial charge in [0.1, 0.15) is 5.82 Å². The maximum Gasteiger partial charge on any atom is 0.329 e. The van der Waals surface area contributed by atoms with E-state index >= 15 is 0 Å². The minimum absolute atomic E-state index is 0.0552. The van der Waals surface area contributed by atoms with Crippen LogP contribution in [-0.2, 0) is 11.8 Å². The number of hydrogen-bond acceptors (Lipinski definition) is 3. The maximum atomic E-state index is 11.6. The molecule has 0 spiro atoms. The van der Waals surface area contributed by atoms with Crippen LogP contribution in [0.5, 0.6) is 0 Å². The van der Waals surface area contributed by atoms with Crippen LogP contribution in [0.15, 0.2) is 12.3 Å².